The van der Waals surface area contributed by atoms with Crippen molar-refractivity contribution < 1.29 is 17.9 Å². The van der Waals surface area contributed by atoms with Crippen LogP contribution in [0.1, 0.15) is 24.1 Å². The molecule has 1 saturated heterocycles. The van der Waals surface area contributed by atoms with Crippen LogP contribution in [0.2, 0.25) is 0 Å². The van der Waals surface area contributed by atoms with Crippen LogP contribution in [-0.2, 0) is 10.9 Å². The number of nitrogens with one attached hydrogen (secondary N) is 2. The van der Waals surface area contributed by atoms with Gasteiger partial charge in [-0.05, 0) is 48.9 Å². The molecule has 0 saturated carbocycles. The Morgan fingerprint density at radius 1 is 1.16 bits per heavy atom. The maximum atomic E-state index is 13.2. The van der Waals surface area contributed by atoms with Gasteiger partial charge < -0.3 is 20.7 Å². The zero-order valence-corrected chi connectivity index (χ0v) is 16.8. The van der Waals surface area contributed by atoms with E-state index in [2.05, 4.69) is 20.4 Å². The number of hydrogen-bond acceptors (Lipinski definition) is 6. The maximum absolute atomic E-state index is 13.2. The molecule has 1 fully saturated rings. The average molecular weight is 433 g/mol. The number of benzene rings is 2. The molecule has 0 bridgehead atoms. The lowest BCUT2D eigenvalue weighted by Crippen LogP contribution is -2.36. The van der Waals surface area contributed by atoms with Gasteiger partial charge in [0.05, 0.1) is 30.2 Å². The number of nitrogen functional groups attached to an aromatic ring is 1. The van der Waals surface area contributed by atoms with E-state index in [9.17, 15) is 18.0 Å². The number of nitrogens with two attached hydrogens (primary N) is 1. The molecule has 0 spiro atoms. The predicted octanol–water partition coefficient (Wildman–Crippen LogP) is 3.53. The van der Waals surface area contributed by atoms with Crippen molar-refractivity contribution in [2.24, 2.45) is 0 Å². The highest BCUT2D eigenvalue weighted by Gasteiger charge is 2.31. The van der Waals surface area contributed by atoms with Crippen LogP contribution >= 0.6 is 0 Å². The fourth-order valence-electron chi connectivity index (χ4n) is 3.66. The molecule has 4 N–H and O–H groups in total. The first-order chi connectivity index (χ1) is 14.7. The van der Waals surface area contributed by atoms with Gasteiger partial charge in [-0.3, -0.25) is 4.79 Å². The number of fused-ring (bicyclic) bond motifs is 1. The van der Waals surface area contributed by atoms with Crippen LogP contribution in [0.5, 0.6) is 0 Å². The van der Waals surface area contributed by atoms with E-state index >= 15 is 0 Å². The average Bonchev–Trinajstić information content (AvgIpc) is 2.75. The lowest BCUT2D eigenvalue weighted by molar-refractivity contribution is -0.137. The van der Waals surface area contributed by atoms with E-state index in [0.717, 1.165) is 30.9 Å². The number of alkyl halides is 3. The van der Waals surface area contributed by atoms with Gasteiger partial charge in [-0.2, -0.15) is 18.3 Å². The summed E-state index contributed by atoms with van der Waals surface area (Å²) in [7, 11) is 0. The van der Waals surface area contributed by atoms with Crippen LogP contribution in [0.3, 0.4) is 0 Å². The van der Waals surface area contributed by atoms with E-state index < -0.39 is 17.8 Å². The summed E-state index contributed by atoms with van der Waals surface area (Å²) in [5.41, 5.74) is 5.83. The highest BCUT2D eigenvalue weighted by molar-refractivity contribution is 5.93. The SMILES string of the molecule is C[C@@H](Nc1n[nH]c(=O)c2ccc(N3CCOCC3)cc12)c1cc(N)cc(C(F)(F)F)c1. The number of nitrogens with zero attached hydrogens (tertiary/aromatic N) is 2. The van der Waals surface area contributed by atoms with Crippen molar-refractivity contribution in [2.45, 2.75) is 19.1 Å². The predicted molar refractivity (Wildman–Crippen MR) is 113 cm³/mol. The molecule has 0 aliphatic carbocycles. The van der Waals surface area contributed by atoms with Gasteiger partial charge in [-0.15, -0.1) is 0 Å². The lowest BCUT2D eigenvalue weighted by atomic mass is 10.0. The number of rotatable bonds is 4. The van der Waals surface area contributed by atoms with Gasteiger partial charge in [0.25, 0.3) is 5.56 Å². The van der Waals surface area contributed by atoms with E-state index in [-0.39, 0.29) is 11.2 Å². The highest BCUT2D eigenvalue weighted by atomic mass is 19.4. The molecular formula is C21H22F3N5O2. The molecule has 164 valence electrons. The Balaban J connectivity index is 1.70. The number of ether oxygens (including phenoxy) is 1. The van der Waals surface area contributed by atoms with Crippen LogP contribution in [0.15, 0.2) is 41.2 Å². The lowest BCUT2D eigenvalue weighted by Gasteiger charge is -2.29. The number of halogens is 3. The second-order valence-electron chi connectivity index (χ2n) is 7.48. The van der Waals surface area contributed by atoms with E-state index in [4.69, 9.17) is 10.5 Å². The molecule has 3 aromatic rings. The summed E-state index contributed by atoms with van der Waals surface area (Å²) in [6.07, 6.45) is -4.50. The fourth-order valence-corrected chi connectivity index (χ4v) is 3.66. The van der Waals surface area contributed by atoms with Crippen molar-refractivity contribution in [3.05, 3.63) is 57.9 Å². The Labute approximate surface area is 176 Å². The van der Waals surface area contributed by atoms with Crippen LogP contribution in [0, 0.1) is 0 Å². The summed E-state index contributed by atoms with van der Waals surface area (Å²) in [6, 6.07) is 8.35. The number of aromatic amines is 1. The Morgan fingerprint density at radius 2 is 1.90 bits per heavy atom. The fraction of sp³-hybridized carbons (Fsp3) is 0.333. The Morgan fingerprint density at radius 3 is 2.61 bits per heavy atom. The molecule has 0 radical (unpaired) electrons. The third kappa shape index (κ3) is 4.43. The number of aromatic nitrogens is 2. The monoisotopic (exact) mass is 433 g/mol. The molecule has 0 amide bonds. The zero-order chi connectivity index (χ0) is 22.2. The van der Waals surface area contributed by atoms with Crippen LogP contribution in [0.4, 0.5) is 30.4 Å². The van der Waals surface area contributed by atoms with E-state index in [1.54, 1.807) is 13.0 Å². The van der Waals surface area contributed by atoms with Crippen molar-refractivity contribution in [3.8, 4) is 0 Å². The van der Waals surface area contributed by atoms with Gasteiger partial charge in [0.15, 0.2) is 5.82 Å². The summed E-state index contributed by atoms with van der Waals surface area (Å²) < 4.78 is 44.9. The second-order valence-corrected chi connectivity index (χ2v) is 7.48. The summed E-state index contributed by atoms with van der Waals surface area (Å²) in [5, 5.41) is 10.7. The van der Waals surface area contributed by atoms with Gasteiger partial charge in [-0.1, -0.05) is 0 Å². The maximum Gasteiger partial charge on any atom is 0.416 e. The van der Waals surface area contributed by atoms with Gasteiger partial charge in [0.2, 0.25) is 0 Å². The van der Waals surface area contributed by atoms with Crippen LogP contribution < -0.4 is 21.5 Å². The smallest absolute Gasteiger partial charge is 0.399 e. The molecular weight excluding hydrogens is 411 g/mol. The summed E-state index contributed by atoms with van der Waals surface area (Å²) in [6.45, 7) is 4.39. The molecule has 1 aromatic heterocycles. The van der Waals surface area contributed by atoms with Crippen LogP contribution in [-0.4, -0.2) is 36.5 Å². The highest BCUT2D eigenvalue weighted by Crippen LogP contribution is 2.34. The molecule has 10 heteroatoms. The van der Waals surface area contributed by atoms with Gasteiger partial charge in [-0.25, -0.2) is 5.10 Å². The minimum atomic E-state index is -4.50. The molecule has 31 heavy (non-hydrogen) atoms. The Kier molecular flexibility index (Phi) is 5.48. The quantitative estimate of drug-likeness (QED) is 0.545. The first-order valence-electron chi connectivity index (χ1n) is 9.82. The van der Waals surface area contributed by atoms with E-state index in [0.29, 0.717) is 35.4 Å². The topological polar surface area (TPSA) is 96.3 Å². The molecule has 7 nitrogen and oxygen atoms in total. The van der Waals surface area contributed by atoms with Crippen molar-refractivity contribution in [2.75, 3.05) is 42.3 Å². The van der Waals surface area contributed by atoms with Crippen molar-refractivity contribution in [1.82, 2.24) is 10.2 Å². The first-order valence-corrected chi connectivity index (χ1v) is 9.82. The summed E-state index contributed by atoms with van der Waals surface area (Å²) in [5.74, 6) is 0.369. The summed E-state index contributed by atoms with van der Waals surface area (Å²) in [4.78, 5) is 14.4. The third-order valence-electron chi connectivity index (χ3n) is 5.31. The molecule has 0 unspecified atom stereocenters. The Hall–Kier alpha value is -3.27. The molecule has 1 aliphatic heterocycles. The number of hydrogen-bond donors (Lipinski definition) is 3. The largest absolute Gasteiger partial charge is 0.416 e. The minimum Gasteiger partial charge on any atom is -0.399 e. The number of morpholine rings is 1. The normalized spacial score (nSPS) is 15.8. The van der Waals surface area contributed by atoms with Crippen molar-refractivity contribution in [1.29, 1.82) is 0 Å². The Bertz CT molecular complexity index is 1160. The summed E-state index contributed by atoms with van der Waals surface area (Å²) >= 11 is 0. The van der Waals surface area contributed by atoms with Gasteiger partial charge in [0.1, 0.15) is 0 Å². The molecule has 2 aromatic carbocycles. The molecule has 2 heterocycles. The second kappa shape index (κ2) is 8.10. The van der Waals surface area contributed by atoms with Crippen molar-refractivity contribution >= 4 is 28.0 Å². The first kappa shape index (κ1) is 21.0. The van der Waals surface area contributed by atoms with Crippen molar-refractivity contribution in [3.63, 3.8) is 0 Å². The standard InChI is InChI=1S/C21H22F3N5O2/c1-12(13-8-14(21(22,23)24)10-15(25)9-13)26-19-18-11-16(29-4-6-31-7-5-29)2-3-17(18)20(30)28-27-19/h2-3,8-12H,4-7,25H2,1H3,(H,26,27)(H,28,30)/t12-/m1/s1. The molecule has 1 aliphatic rings. The molecule has 4 rings (SSSR count). The third-order valence-corrected chi connectivity index (χ3v) is 5.31. The van der Waals surface area contributed by atoms with Gasteiger partial charge in [0, 0.05) is 29.9 Å². The number of anilines is 3. The van der Waals surface area contributed by atoms with E-state index in [1.807, 2.05) is 12.1 Å². The minimum absolute atomic E-state index is 0.0207. The number of H-pyrrole nitrogens is 1. The van der Waals surface area contributed by atoms with Gasteiger partial charge >= 0.3 is 6.18 Å². The zero-order valence-electron chi connectivity index (χ0n) is 16.8. The molecule has 1 atom stereocenters. The van der Waals surface area contributed by atoms with E-state index in [1.165, 1.54) is 6.07 Å². The van der Waals surface area contributed by atoms with Crippen LogP contribution in [0.25, 0.3) is 10.8 Å².